The first-order valence-electron chi connectivity index (χ1n) is 8.37. The van der Waals surface area contributed by atoms with E-state index in [1.807, 2.05) is 0 Å². The highest BCUT2D eigenvalue weighted by molar-refractivity contribution is 5.72. The second kappa shape index (κ2) is 6.88. The third-order valence-electron chi connectivity index (χ3n) is 4.13. The van der Waals surface area contributed by atoms with Crippen molar-refractivity contribution < 1.29 is 20.4 Å². The van der Waals surface area contributed by atoms with Gasteiger partial charge < -0.3 is 20.4 Å². The fourth-order valence-electron chi connectivity index (χ4n) is 2.73. The van der Waals surface area contributed by atoms with E-state index in [2.05, 4.69) is 15.0 Å². The van der Waals surface area contributed by atoms with Crippen molar-refractivity contribution in [3.63, 3.8) is 0 Å². The Kier molecular flexibility index (Phi) is 4.25. The molecule has 0 atom stereocenters. The Morgan fingerprint density at radius 1 is 0.500 bits per heavy atom. The summed E-state index contributed by atoms with van der Waals surface area (Å²) >= 11 is 0. The van der Waals surface area contributed by atoms with Crippen LogP contribution in [0.3, 0.4) is 0 Å². The molecule has 0 aliphatic rings. The Morgan fingerprint density at radius 3 is 1.71 bits per heavy atom. The Bertz CT molecular complexity index is 1160. The maximum absolute atomic E-state index is 10.2. The van der Waals surface area contributed by atoms with E-state index in [9.17, 15) is 20.4 Å². The van der Waals surface area contributed by atoms with Crippen molar-refractivity contribution in [3.8, 4) is 57.2 Å². The van der Waals surface area contributed by atoms with Crippen LogP contribution in [0.2, 0.25) is 0 Å². The molecule has 1 heterocycles. The minimum Gasteiger partial charge on any atom is -0.508 e. The molecule has 0 aliphatic heterocycles. The maximum atomic E-state index is 10.2. The second-order valence-electron chi connectivity index (χ2n) is 6.07. The third kappa shape index (κ3) is 3.28. The lowest BCUT2D eigenvalue weighted by Gasteiger charge is -2.10. The normalized spacial score (nSPS) is 10.7. The molecule has 4 rings (SSSR count). The van der Waals surface area contributed by atoms with E-state index < -0.39 is 0 Å². The van der Waals surface area contributed by atoms with Crippen LogP contribution in [0, 0.1) is 0 Å². The van der Waals surface area contributed by atoms with Crippen molar-refractivity contribution in [2.75, 3.05) is 0 Å². The van der Waals surface area contributed by atoms with Gasteiger partial charge in [-0.2, -0.15) is 0 Å². The first-order valence-corrected chi connectivity index (χ1v) is 8.37. The molecule has 0 saturated carbocycles. The fourth-order valence-corrected chi connectivity index (χ4v) is 2.73. The Labute approximate surface area is 159 Å². The molecule has 3 aromatic carbocycles. The Hall–Kier alpha value is -4.13. The van der Waals surface area contributed by atoms with Gasteiger partial charge in [-0.25, -0.2) is 15.0 Å². The van der Waals surface area contributed by atoms with Crippen LogP contribution in [0.5, 0.6) is 23.0 Å². The van der Waals surface area contributed by atoms with Gasteiger partial charge >= 0.3 is 0 Å². The van der Waals surface area contributed by atoms with E-state index in [-0.39, 0.29) is 34.6 Å². The molecule has 4 N–H and O–H groups in total. The van der Waals surface area contributed by atoms with Crippen LogP contribution >= 0.6 is 0 Å². The van der Waals surface area contributed by atoms with E-state index in [0.717, 1.165) is 0 Å². The topological polar surface area (TPSA) is 120 Å². The lowest BCUT2D eigenvalue weighted by Crippen LogP contribution is -2.00. The van der Waals surface area contributed by atoms with Crippen molar-refractivity contribution in [1.82, 2.24) is 15.0 Å². The number of aromatic nitrogens is 3. The van der Waals surface area contributed by atoms with Crippen molar-refractivity contribution >= 4 is 0 Å². The molecule has 28 heavy (non-hydrogen) atoms. The third-order valence-corrected chi connectivity index (χ3v) is 4.13. The molecule has 0 amide bonds. The molecule has 0 fully saturated rings. The number of hydrogen-bond donors (Lipinski definition) is 4. The molecular formula is C21H15N3O4. The molecule has 7 heteroatoms. The van der Waals surface area contributed by atoms with Gasteiger partial charge in [-0.05, 0) is 48.5 Å². The number of phenolic OH excluding ortho intramolecular Hbond substituents is 4. The van der Waals surface area contributed by atoms with Gasteiger partial charge in [-0.3, -0.25) is 0 Å². The van der Waals surface area contributed by atoms with Gasteiger partial charge in [0.15, 0.2) is 17.5 Å². The summed E-state index contributed by atoms with van der Waals surface area (Å²) in [5.74, 6) is 0.533. The summed E-state index contributed by atoms with van der Waals surface area (Å²) in [6.45, 7) is 0. The largest absolute Gasteiger partial charge is 0.508 e. The molecule has 0 spiro atoms. The molecule has 1 aromatic heterocycles. The minimum absolute atomic E-state index is 0.00577. The van der Waals surface area contributed by atoms with E-state index in [4.69, 9.17) is 0 Å². The monoisotopic (exact) mass is 373 g/mol. The minimum atomic E-state index is -0.189. The molecule has 0 unspecified atom stereocenters. The van der Waals surface area contributed by atoms with Crippen LogP contribution < -0.4 is 0 Å². The summed E-state index contributed by atoms with van der Waals surface area (Å²) in [6, 6.07) is 17.1. The zero-order valence-electron chi connectivity index (χ0n) is 14.5. The van der Waals surface area contributed by atoms with E-state index in [1.165, 1.54) is 36.4 Å². The lowest BCUT2D eigenvalue weighted by molar-refractivity contribution is 0.451. The summed E-state index contributed by atoms with van der Waals surface area (Å²) in [5.41, 5.74) is 1.33. The van der Waals surface area contributed by atoms with Crippen molar-refractivity contribution in [2.24, 2.45) is 0 Å². The smallest absolute Gasteiger partial charge is 0.167 e. The zero-order valence-corrected chi connectivity index (χ0v) is 14.5. The molecule has 4 aromatic rings. The standard InChI is InChI=1S/C21H15N3O4/c25-13-7-5-12(6-8-13)19-22-20(15-3-1-2-4-17(15)27)24-21(23-19)16-10-9-14(26)11-18(16)28/h1-11,25-28H. The summed E-state index contributed by atoms with van der Waals surface area (Å²) in [6.07, 6.45) is 0. The van der Waals surface area contributed by atoms with Crippen LogP contribution in [0.25, 0.3) is 34.2 Å². The summed E-state index contributed by atoms with van der Waals surface area (Å²) in [4.78, 5) is 13.3. The maximum Gasteiger partial charge on any atom is 0.167 e. The average molecular weight is 373 g/mol. The van der Waals surface area contributed by atoms with Crippen LogP contribution in [0.15, 0.2) is 66.7 Å². The fraction of sp³-hybridized carbons (Fsp3) is 0. The molecule has 138 valence electrons. The highest BCUT2D eigenvalue weighted by Crippen LogP contribution is 2.33. The molecule has 0 saturated heterocycles. The molecule has 0 aliphatic carbocycles. The van der Waals surface area contributed by atoms with Gasteiger partial charge in [0.05, 0.1) is 11.1 Å². The van der Waals surface area contributed by atoms with Crippen LogP contribution in [0.1, 0.15) is 0 Å². The number of benzene rings is 3. The summed E-state index contributed by atoms with van der Waals surface area (Å²) in [7, 11) is 0. The highest BCUT2D eigenvalue weighted by Gasteiger charge is 2.16. The van der Waals surface area contributed by atoms with Crippen molar-refractivity contribution in [1.29, 1.82) is 0 Å². The molecular weight excluding hydrogens is 358 g/mol. The molecule has 7 nitrogen and oxygen atoms in total. The van der Waals surface area contributed by atoms with Gasteiger partial charge in [0.1, 0.15) is 23.0 Å². The SMILES string of the molecule is Oc1ccc(-c2nc(-c3ccccc3O)nc(-c3ccc(O)cc3O)n2)cc1. The second-order valence-corrected chi connectivity index (χ2v) is 6.07. The molecule has 0 radical (unpaired) electrons. The number of phenols is 4. The Balaban J connectivity index is 1.95. The van der Waals surface area contributed by atoms with Crippen LogP contribution in [0.4, 0.5) is 0 Å². The summed E-state index contributed by atoms with van der Waals surface area (Å²) < 4.78 is 0. The van der Waals surface area contributed by atoms with Gasteiger partial charge in [0.2, 0.25) is 0 Å². The highest BCUT2D eigenvalue weighted by atomic mass is 16.3. The van der Waals surface area contributed by atoms with Crippen LogP contribution in [-0.2, 0) is 0 Å². The first kappa shape index (κ1) is 17.3. The number of aromatic hydroxyl groups is 4. The average Bonchev–Trinajstić information content (AvgIpc) is 2.68. The Morgan fingerprint density at radius 2 is 1.07 bits per heavy atom. The van der Waals surface area contributed by atoms with Crippen molar-refractivity contribution in [3.05, 3.63) is 66.7 Å². The van der Waals surface area contributed by atoms with Gasteiger partial charge in [0.25, 0.3) is 0 Å². The van der Waals surface area contributed by atoms with E-state index in [1.54, 1.807) is 30.3 Å². The number of nitrogens with zero attached hydrogens (tertiary/aromatic N) is 3. The van der Waals surface area contributed by atoms with Gasteiger partial charge in [-0.1, -0.05) is 12.1 Å². The van der Waals surface area contributed by atoms with E-state index >= 15 is 0 Å². The number of rotatable bonds is 3. The quantitative estimate of drug-likeness (QED) is 0.432. The van der Waals surface area contributed by atoms with Crippen LogP contribution in [-0.4, -0.2) is 35.4 Å². The number of hydrogen-bond acceptors (Lipinski definition) is 7. The van der Waals surface area contributed by atoms with Gasteiger partial charge in [0, 0.05) is 11.6 Å². The predicted octanol–water partition coefficient (Wildman–Crippen LogP) is 3.70. The first-order chi connectivity index (χ1) is 13.5. The lowest BCUT2D eigenvalue weighted by atomic mass is 10.1. The molecule has 0 bridgehead atoms. The van der Waals surface area contributed by atoms with Crippen molar-refractivity contribution in [2.45, 2.75) is 0 Å². The van der Waals surface area contributed by atoms with E-state index in [0.29, 0.717) is 22.5 Å². The number of para-hydroxylation sites is 1. The van der Waals surface area contributed by atoms with Gasteiger partial charge in [-0.15, -0.1) is 0 Å². The zero-order chi connectivity index (χ0) is 19.7. The predicted molar refractivity (Wildman–Crippen MR) is 103 cm³/mol. The summed E-state index contributed by atoms with van der Waals surface area (Å²) in [5, 5.41) is 39.5.